The Kier molecular flexibility index (Phi) is 8.70. The van der Waals surface area contributed by atoms with Gasteiger partial charge >= 0.3 is 12.1 Å². The van der Waals surface area contributed by atoms with Crippen molar-refractivity contribution in [2.45, 2.75) is 39.2 Å². The fraction of sp³-hybridized carbons (Fsp3) is 0.667. The lowest BCUT2D eigenvalue weighted by Crippen LogP contribution is -2.30. The predicted molar refractivity (Wildman–Crippen MR) is 74.2 cm³/mol. The third-order valence-corrected chi connectivity index (χ3v) is 2.84. The molecule has 1 unspecified atom stereocenters. The molecule has 120 valence electrons. The van der Waals surface area contributed by atoms with E-state index in [4.69, 9.17) is 15.6 Å². The Bertz CT molecular complexity index is 421. The number of nitro groups is 1. The molecule has 9 heteroatoms. The number of amides is 1. The molecule has 1 atom stereocenters. The van der Waals surface area contributed by atoms with Gasteiger partial charge in [-0.25, -0.2) is 4.79 Å². The topological polar surface area (TPSA) is 145 Å². The number of carboxylic acids is 1. The predicted octanol–water partition coefficient (Wildman–Crippen LogP) is 0.865. The number of ether oxygens (including phenoxy) is 1. The minimum absolute atomic E-state index is 0.0505. The molecule has 0 heterocycles. The van der Waals surface area contributed by atoms with Crippen LogP contribution in [0.3, 0.4) is 0 Å². The van der Waals surface area contributed by atoms with Crippen molar-refractivity contribution in [1.82, 2.24) is 5.32 Å². The molecule has 0 aliphatic carbocycles. The highest BCUT2D eigenvalue weighted by atomic mass is 16.6. The number of nitrogens with one attached hydrogen (secondary N) is 1. The summed E-state index contributed by atoms with van der Waals surface area (Å²) < 4.78 is 4.81. The van der Waals surface area contributed by atoms with Crippen LogP contribution in [0.15, 0.2) is 11.3 Å². The molecule has 0 aromatic carbocycles. The highest BCUT2D eigenvalue weighted by molar-refractivity contribution is 5.72. The molecule has 0 saturated heterocycles. The van der Waals surface area contributed by atoms with Crippen LogP contribution < -0.4 is 11.1 Å². The maximum Gasteiger partial charge on any atom is 0.407 e. The van der Waals surface area contributed by atoms with E-state index in [1.54, 1.807) is 0 Å². The number of unbranched alkanes of at least 4 members (excludes halogenated alkanes) is 1. The van der Waals surface area contributed by atoms with Gasteiger partial charge in [0.1, 0.15) is 12.6 Å². The van der Waals surface area contributed by atoms with E-state index < -0.39 is 23.0 Å². The Morgan fingerprint density at radius 3 is 2.52 bits per heavy atom. The summed E-state index contributed by atoms with van der Waals surface area (Å²) in [5, 5.41) is 21.5. The van der Waals surface area contributed by atoms with Gasteiger partial charge in [0, 0.05) is 19.0 Å². The van der Waals surface area contributed by atoms with Crippen LogP contribution in [0, 0.1) is 10.1 Å². The van der Waals surface area contributed by atoms with Gasteiger partial charge in [-0.15, -0.1) is 0 Å². The Labute approximate surface area is 122 Å². The van der Waals surface area contributed by atoms with E-state index in [1.807, 2.05) is 0 Å². The quantitative estimate of drug-likeness (QED) is 0.325. The van der Waals surface area contributed by atoms with Gasteiger partial charge in [-0.3, -0.25) is 14.9 Å². The molecule has 1 amide bonds. The van der Waals surface area contributed by atoms with E-state index in [2.05, 4.69) is 5.32 Å². The second kappa shape index (κ2) is 9.70. The zero-order valence-electron chi connectivity index (χ0n) is 12.1. The summed E-state index contributed by atoms with van der Waals surface area (Å²) in [7, 11) is 0. The lowest BCUT2D eigenvalue weighted by molar-refractivity contribution is -0.425. The minimum atomic E-state index is -1.05. The molecule has 0 bridgehead atoms. The van der Waals surface area contributed by atoms with Gasteiger partial charge in [0.15, 0.2) is 0 Å². The standard InChI is InChI=1S/C12H21N3O6/c1-8(9(2)15(19)20)7-21-12(18)14-6-4-3-5-10(13)11(16)17/h10H,3-7,13H2,1-2H3,(H,14,18)(H,16,17)/b9-8-. The molecule has 9 nitrogen and oxygen atoms in total. The zero-order valence-corrected chi connectivity index (χ0v) is 12.1. The average Bonchev–Trinajstić information content (AvgIpc) is 2.42. The Morgan fingerprint density at radius 1 is 1.38 bits per heavy atom. The van der Waals surface area contributed by atoms with E-state index in [1.165, 1.54) is 13.8 Å². The van der Waals surface area contributed by atoms with Crippen molar-refractivity contribution in [3.63, 3.8) is 0 Å². The number of nitrogens with two attached hydrogens (primary N) is 1. The largest absolute Gasteiger partial charge is 0.480 e. The van der Waals surface area contributed by atoms with E-state index in [0.717, 1.165) is 0 Å². The monoisotopic (exact) mass is 303 g/mol. The first kappa shape index (κ1) is 18.8. The molecule has 0 saturated carbocycles. The number of carboxylic acid groups (broad SMARTS) is 1. The molecular formula is C12H21N3O6. The van der Waals surface area contributed by atoms with Gasteiger partial charge in [-0.2, -0.15) is 0 Å². The van der Waals surface area contributed by atoms with Crippen LogP contribution in [0.5, 0.6) is 0 Å². The summed E-state index contributed by atoms with van der Waals surface area (Å²) in [6.45, 7) is 3.02. The Morgan fingerprint density at radius 2 is 2.00 bits per heavy atom. The lowest BCUT2D eigenvalue weighted by Gasteiger charge is -2.08. The molecule has 0 fully saturated rings. The van der Waals surface area contributed by atoms with Crippen molar-refractivity contribution in [3.8, 4) is 0 Å². The number of alkyl carbamates (subject to hydrolysis) is 1. The van der Waals surface area contributed by atoms with Crippen molar-refractivity contribution >= 4 is 12.1 Å². The molecule has 0 aliphatic heterocycles. The van der Waals surface area contributed by atoms with Crippen LogP contribution in [-0.2, 0) is 9.53 Å². The first-order valence-corrected chi connectivity index (χ1v) is 6.45. The lowest BCUT2D eigenvalue weighted by atomic mass is 10.1. The van der Waals surface area contributed by atoms with Crippen molar-refractivity contribution < 1.29 is 24.4 Å². The number of nitrogens with zero attached hydrogens (tertiary/aromatic N) is 1. The first-order chi connectivity index (χ1) is 9.75. The molecule has 4 N–H and O–H groups in total. The van der Waals surface area contributed by atoms with Crippen LogP contribution in [0.1, 0.15) is 33.1 Å². The summed E-state index contributed by atoms with van der Waals surface area (Å²) in [5.41, 5.74) is 5.63. The second-order valence-corrected chi connectivity index (χ2v) is 4.57. The highest BCUT2D eigenvalue weighted by Gasteiger charge is 2.11. The van der Waals surface area contributed by atoms with Crippen molar-refractivity contribution in [2.24, 2.45) is 5.73 Å². The number of hydrogen-bond acceptors (Lipinski definition) is 6. The van der Waals surface area contributed by atoms with Gasteiger partial charge in [-0.1, -0.05) is 0 Å². The van der Waals surface area contributed by atoms with E-state index in [-0.39, 0.29) is 12.3 Å². The van der Waals surface area contributed by atoms with Crippen molar-refractivity contribution in [3.05, 3.63) is 21.4 Å². The van der Waals surface area contributed by atoms with Gasteiger partial charge in [0.05, 0.1) is 4.92 Å². The van der Waals surface area contributed by atoms with Crippen LogP contribution in [-0.4, -0.2) is 41.3 Å². The number of allylic oxidation sites excluding steroid dienone is 1. The second-order valence-electron chi connectivity index (χ2n) is 4.57. The molecule has 0 radical (unpaired) electrons. The molecule has 21 heavy (non-hydrogen) atoms. The molecular weight excluding hydrogens is 282 g/mol. The maximum absolute atomic E-state index is 11.3. The number of hydrogen-bond donors (Lipinski definition) is 3. The number of carbonyl (C=O) groups is 2. The summed E-state index contributed by atoms with van der Waals surface area (Å²) in [5.74, 6) is -1.05. The van der Waals surface area contributed by atoms with Crippen LogP contribution in [0.4, 0.5) is 4.79 Å². The van der Waals surface area contributed by atoms with Crippen molar-refractivity contribution in [1.29, 1.82) is 0 Å². The first-order valence-electron chi connectivity index (χ1n) is 6.45. The van der Waals surface area contributed by atoms with E-state index >= 15 is 0 Å². The summed E-state index contributed by atoms with van der Waals surface area (Å²) in [6.07, 6.45) is 0.787. The van der Waals surface area contributed by atoms with Gasteiger partial charge in [-0.05, 0) is 26.2 Å². The summed E-state index contributed by atoms with van der Waals surface area (Å²) >= 11 is 0. The zero-order chi connectivity index (χ0) is 16.4. The van der Waals surface area contributed by atoms with Gasteiger partial charge in [0.2, 0.25) is 5.70 Å². The van der Waals surface area contributed by atoms with Crippen LogP contribution in [0.2, 0.25) is 0 Å². The van der Waals surface area contributed by atoms with Gasteiger partial charge in [0.25, 0.3) is 0 Å². The number of carbonyl (C=O) groups excluding carboxylic acids is 1. The maximum atomic E-state index is 11.3. The normalized spacial score (nSPS) is 13.1. The third-order valence-electron chi connectivity index (χ3n) is 2.84. The highest BCUT2D eigenvalue weighted by Crippen LogP contribution is 2.04. The molecule has 0 spiro atoms. The fourth-order valence-electron chi connectivity index (χ4n) is 1.29. The van der Waals surface area contributed by atoms with E-state index in [9.17, 15) is 19.7 Å². The Hall–Kier alpha value is -2.16. The van der Waals surface area contributed by atoms with Crippen LogP contribution >= 0.6 is 0 Å². The minimum Gasteiger partial charge on any atom is -0.480 e. The fourth-order valence-corrected chi connectivity index (χ4v) is 1.29. The Balaban J connectivity index is 3.80. The average molecular weight is 303 g/mol. The summed E-state index contributed by atoms with van der Waals surface area (Å²) in [6, 6.07) is -0.894. The van der Waals surface area contributed by atoms with Crippen LogP contribution in [0.25, 0.3) is 0 Å². The number of aliphatic carboxylic acids is 1. The molecule has 0 aromatic heterocycles. The van der Waals surface area contributed by atoms with Gasteiger partial charge < -0.3 is 20.9 Å². The van der Waals surface area contributed by atoms with Crippen molar-refractivity contribution in [2.75, 3.05) is 13.2 Å². The smallest absolute Gasteiger partial charge is 0.407 e. The molecule has 0 aromatic rings. The third kappa shape index (κ3) is 8.58. The SMILES string of the molecule is C/C(COC(=O)NCCCCC(N)C(=O)O)=C(\C)[N+](=O)[O-]. The summed E-state index contributed by atoms with van der Waals surface area (Å²) in [4.78, 5) is 31.7. The number of rotatable bonds is 9. The molecule has 0 rings (SSSR count). The van der Waals surface area contributed by atoms with E-state index in [0.29, 0.717) is 31.4 Å². The molecule has 0 aliphatic rings.